The van der Waals surface area contributed by atoms with E-state index >= 15 is 0 Å². The van der Waals surface area contributed by atoms with Gasteiger partial charge in [-0.2, -0.15) is 0 Å². The van der Waals surface area contributed by atoms with Crippen LogP contribution in [-0.2, 0) is 4.74 Å². The van der Waals surface area contributed by atoms with E-state index in [1.54, 1.807) is 0 Å². The van der Waals surface area contributed by atoms with Gasteiger partial charge in [0.1, 0.15) is 0 Å². The van der Waals surface area contributed by atoms with Gasteiger partial charge in [0.15, 0.2) is 0 Å². The van der Waals surface area contributed by atoms with Crippen molar-refractivity contribution < 1.29 is 9.53 Å². The lowest BCUT2D eigenvalue weighted by Gasteiger charge is -2.32. The molecular weight excluding hydrogens is 216 g/mol. The fourth-order valence-corrected chi connectivity index (χ4v) is 2.59. The summed E-state index contributed by atoms with van der Waals surface area (Å²) >= 11 is 0. The van der Waals surface area contributed by atoms with Crippen LogP contribution in [0.4, 0.5) is 4.79 Å². The van der Waals surface area contributed by atoms with Crippen molar-refractivity contribution >= 4 is 6.03 Å². The summed E-state index contributed by atoms with van der Waals surface area (Å²) in [7, 11) is 0. The Morgan fingerprint density at radius 1 is 1.35 bits per heavy atom. The van der Waals surface area contributed by atoms with Crippen LogP contribution in [0.15, 0.2) is 0 Å². The molecule has 0 bridgehead atoms. The van der Waals surface area contributed by atoms with E-state index in [-0.39, 0.29) is 18.2 Å². The predicted molar refractivity (Wildman–Crippen MR) is 66.9 cm³/mol. The van der Waals surface area contributed by atoms with Gasteiger partial charge in [-0.15, -0.1) is 0 Å². The van der Waals surface area contributed by atoms with Crippen molar-refractivity contribution in [3.8, 4) is 0 Å². The molecule has 1 N–H and O–H groups in total. The molecule has 2 heterocycles. The zero-order valence-corrected chi connectivity index (χ0v) is 10.9. The van der Waals surface area contributed by atoms with Gasteiger partial charge in [0, 0.05) is 19.7 Å². The van der Waals surface area contributed by atoms with Crippen LogP contribution in [0.5, 0.6) is 0 Å². The van der Waals surface area contributed by atoms with E-state index in [4.69, 9.17) is 4.74 Å². The molecule has 17 heavy (non-hydrogen) atoms. The molecule has 0 aliphatic carbocycles. The highest BCUT2D eigenvalue weighted by molar-refractivity contribution is 5.74. The third kappa shape index (κ3) is 3.35. The molecule has 0 radical (unpaired) electrons. The van der Waals surface area contributed by atoms with Gasteiger partial charge in [-0.05, 0) is 38.5 Å². The Bertz CT molecular complexity index is 256. The lowest BCUT2D eigenvalue weighted by atomic mass is 9.99. The Morgan fingerprint density at radius 2 is 2.06 bits per heavy atom. The van der Waals surface area contributed by atoms with Crippen molar-refractivity contribution in [1.82, 2.24) is 10.2 Å². The number of nitrogens with zero attached hydrogens (tertiary/aromatic N) is 1. The van der Waals surface area contributed by atoms with Crippen LogP contribution in [0.25, 0.3) is 0 Å². The fourth-order valence-electron chi connectivity index (χ4n) is 2.59. The maximum atomic E-state index is 12.0. The second-order valence-corrected chi connectivity index (χ2v) is 5.46. The molecule has 2 rings (SSSR count). The Hall–Kier alpha value is -0.770. The van der Waals surface area contributed by atoms with E-state index in [2.05, 4.69) is 12.2 Å². The minimum absolute atomic E-state index is 0.0832. The zero-order valence-electron chi connectivity index (χ0n) is 10.9. The largest absolute Gasteiger partial charge is 0.376 e. The second-order valence-electron chi connectivity index (χ2n) is 5.46. The number of hydrogen-bond acceptors (Lipinski definition) is 2. The molecule has 4 heteroatoms. The number of carbonyl (C=O) groups is 1. The van der Waals surface area contributed by atoms with Gasteiger partial charge in [0.05, 0.1) is 12.1 Å². The first kappa shape index (κ1) is 12.7. The van der Waals surface area contributed by atoms with Crippen LogP contribution in [0.3, 0.4) is 0 Å². The van der Waals surface area contributed by atoms with E-state index in [0.717, 1.165) is 51.3 Å². The zero-order chi connectivity index (χ0) is 12.3. The molecule has 4 nitrogen and oxygen atoms in total. The summed E-state index contributed by atoms with van der Waals surface area (Å²) < 4.78 is 5.59. The summed E-state index contributed by atoms with van der Waals surface area (Å²) in [4.78, 5) is 14.0. The first-order valence-corrected chi connectivity index (χ1v) is 6.84. The highest BCUT2D eigenvalue weighted by atomic mass is 16.5. The Balaban J connectivity index is 1.76. The van der Waals surface area contributed by atoms with Gasteiger partial charge >= 0.3 is 6.03 Å². The molecule has 2 atom stereocenters. The topological polar surface area (TPSA) is 41.6 Å². The Labute approximate surface area is 104 Å². The average molecular weight is 240 g/mol. The second kappa shape index (κ2) is 5.71. The maximum Gasteiger partial charge on any atom is 0.317 e. The van der Waals surface area contributed by atoms with Gasteiger partial charge in [-0.1, -0.05) is 6.92 Å². The molecule has 2 saturated heterocycles. The number of amides is 2. The van der Waals surface area contributed by atoms with Crippen molar-refractivity contribution in [2.45, 2.75) is 51.7 Å². The third-order valence-corrected chi connectivity index (χ3v) is 3.94. The van der Waals surface area contributed by atoms with Gasteiger partial charge in [0.2, 0.25) is 0 Å². The van der Waals surface area contributed by atoms with Crippen LogP contribution in [0.1, 0.15) is 39.5 Å². The third-order valence-electron chi connectivity index (χ3n) is 3.94. The van der Waals surface area contributed by atoms with Gasteiger partial charge in [0.25, 0.3) is 0 Å². The Kier molecular flexibility index (Phi) is 4.26. The van der Waals surface area contributed by atoms with E-state index < -0.39 is 0 Å². The van der Waals surface area contributed by atoms with Crippen LogP contribution < -0.4 is 5.32 Å². The molecule has 2 aliphatic heterocycles. The monoisotopic (exact) mass is 240 g/mol. The van der Waals surface area contributed by atoms with Gasteiger partial charge < -0.3 is 15.0 Å². The Morgan fingerprint density at radius 3 is 2.65 bits per heavy atom. The van der Waals surface area contributed by atoms with E-state index in [1.165, 1.54) is 0 Å². The van der Waals surface area contributed by atoms with Crippen molar-refractivity contribution in [2.75, 3.05) is 19.7 Å². The van der Waals surface area contributed by atoms with E-state index in [9.17, 15) is 4.79 Å². The number of carbonyl (C=O) groups excluding carboxylic acids is 1. The molecule has 0 aromatic heterocycles. The van der Waals surface area contributed by atoms with Crippen molar-refractivity contribution in [3.63, 3.8) is 0 Å². The summed E-state index contributed by atoms with van der Waals surface area (Å²) in [6, 6.07) is 0.212. The van der Waals surface area contributed by atoms with Crippen molar-refractivity contribution in [3.05, 3.63) is 0 Å². The van der Waals surface area contributed by atoms with E-state index in [1.807, 2.05) is 11.8 Å². The summed E-state index contributed by atoms with van der Waals surface area (Å²) in [6.45, 7) is 6.92. The predicted octanol–water partition coefficient (Wildman–Crippen LogP) is 2.00. The average Bonchev–Trinajstić information content (AvgIpc) is 2.83. The molecule has 0 aromatic carbocycles. The highest BCUT2D eigenvalue weighted by Crippen LogP contribution is 2.18. The molecule has 2 aliphatic rings. The van der Waals surface area contributed by atoms with Crippen LogP contribution in [0, 0.1) is 5.92 Å². The standard InChI is InChI=1S/C13H24N2O2/c1-10-5-7-15(8-6-10)13(16)14-11(2)12-4-3-9-17-12/h10-12H,3-9H2,1-2H3,(H,14,16). The number of ether oxygens (including phenoxy) is 1. The molecule has 2 amide bonds. The lowest BCUT2D eigenvalue weighted by molar-refractivity contribution is 0.0821. The minimum Gasteiger partial charge on any atom is -0.376 e. The molecule has 0 aromatic rings. The summed E-state index contributed by atoms with van der Waals surface area (Å²) in [5.41, 5.74) is 0. The van der Waals surface area contributed by atoms with E-state index in [0.29, 0.717) is 0 Å². The minimum atomic E-state index is 0.0832. The number of nitrogens with one attached hydrogen (secondary N) is 1. The quantitative estimate of drug-likeness (QED) is 0.802. The molecule has 0 saturated carbocycles. The van der Waals surface area contributed by atoms with Crippen molar-refractivity contribution in [2.24, 2.45) is 5.92 Å². The number of rotatable bonds is 2. The molecule has 2 fully saturated rings. The molecular formula is C13H24N2O2. The van der Waals surface area contributed by atoms with Crippen molar-refractivity contribution in [1.29, 1.82) is 0 Å². The maximum absolute atomic E-state index is 12.0. The smallest absolute Gasteiger partial charge is 0.317 e. The first-order valence-electron chi connectivity index (χ1n) is 6.84. The number of urea groups is 1. The number of likely N-dealkylation sites (tertiary alicyclic amines) is 1. The van der Waals surface area contributed by atoms with Crippen LogP contribution >= 0.6 is 0 Å². The SMILES string of the molecule is CC1CCN(C(=O)NC(C)C2CCCO2)CC1. The first-order chi connectivity index (χ1) is 8.16. The normalized spacial score (nSPS) is 28.1. The number of hydrogen-bond donors (Lipinski definition) is 1. The van der Waals surface area contributed by atoms with Crippen LogP contribution in [-0.4, -0.2) is 42.8 Å². The van der Waals surface area contributed by atoms with Gasteiger partial charge in [-0.3, -0.25) is 0 Å². The molecule has 0 spiro atoms. The number of piperidine rings is 1. The summed E-state index contributed by atoms with van der Waals surface area (Å²) in [5, 5.41) is 3.07. The summed E-state index contributed by atoms with van der Waals surface area (Å²) in [5.74, 6) is 0.759. The summed E-state index contributed by atoms with van der Waals surface area (Å²) in [6.07, 6.45) is 4.65. The molecule has 98 valence electrons. The van der Waals surface area contributed by atoms with Crippen LogP contribution in [0.2, 0.25) is 0 Å². The fraction of sp³-hybridized carbons (Fsp3) is 0.923. The lowest BCUT2D eigenvalue weighted by Crippen LogP contribution is -2.49. The highest BCUT2D eigenvalue weighted by Gasteiger charge is 2.26. The molecule has 2 unspecified atom stereocenters. The van der Waals surface area contributed by atoms with Gasteiger partial charge in [-0.25, -0.2) is 4.79 Å².